The Labute approximate surface area is 256 Å². The van der Waals surface area contributed by atoms with Gasteiger partial charge in [-0.2, -0.15) is 0 Å². The number of piperidine rings is 1. The lowest BCUT2D eigenvalue weighted by atomic mass is 10.0. The molecule has 9 nitrogen and oxygen atoms in total. The summed E-state index contributed by atoms with van der Waals surface area (Å²) in [7, 11) is 1.73. The number of likely N-dealkylation sites (tertiary alicyclic amines) is 1. The van der Waals surface area contributed by atoms with Crippen molar-refractivity contribution >= 4 is 17.0 Å². The lowest BCUT2D eigenvalue weighted by Gasteiger charge is -2.32. The molecule has 0 bridgehead atoms. The standard InChI is InChI=1S/C34H39FN4O5/c1-23-3-6-31(28(35)17-23)43-21-25-19-27(7-13-36-25)44-26-8-14-38(15-9-26)20-32-37-29-5-4-24(33(40)41)18-30(29)39(32)22-34(10-11-34)12-16-42-2/h3-7,13,17-19,26H,8-12,14-16,20-22H2,1-2H3,(H,40,41). The molecule has 1 N–H and O–H groups in total. The summed E-state index contributed by atoms with van der Waals surface area (Å²) in [6.45, 7) is 5.92. The van der Waals surface area contributed by atoms with E-state index in [1.165, 1.54) is 6.07 Å². The third-order valence-corrected chi connectivity index (χ3v) is 8.81. The van der Waals surface area contributed by atoms with E-state index in [0.29, 0.717) is 18.8 Å². The maximum atomic E-state index is 14.1. The highest BCUT2D eigenvalue weighted by Gasteiger charge is 2.43. The highest BCUT2D eigenvalue weighted by Crippen LogP contribution is 2.50. The van der Waals surface area contributed by atoms with Crippen molar-refractivity contribution in [1.29, 1.82) is 0 Å². The van der Waals surface area contributed by atoms with Crippen molar-refractivity contribution in [3.8, 4) is 11.5 Å². The van der Waals surface area contributed by atoms with E-state index >= 15 is 0 Å². The van der Waals surface area contributed by atoms with E-state index in [0.717, 1.165) is 79.9 Å². The number of carbonyl (C=O) groups is 1. The molecule has 10 heteroatoms. The second kappa shape index (κ2) is 12.9. The van der Waals surface area contributed by atoms with Crippen LogP contribution >= 0.6 is 0 Å². The van der Waals surface area contributed by atoms with Gasteiger partial charge in [-0.25, -0.2) is 14.2 Å². The molecule has 1 saturated heterocycles. The number of fused-ring (bicyclic) bond motifs is 1. The van der Waals surface area contributed by atoms with Crippen LogP contribution in [0.4, 0.5) is 4.39 Å². The zero-order valence-electron chi connectivity index (χ0n) is 25.3. The molecular formula is C34H39FN4O5. The summed E-state index contributed by atoms with van der Waals surface area (Å²) in [5.74, 6) is 0.576. The van der Waals surface area contributed by atoms with Crippen molar-refractivity contribution in [2.24, 2.45) is 5.41 Å². The summed E-state index contributed by atoms with van der Waals surface area (Å²) in [5, 5.41) is 9.61. The summed E-state index contributed by atoms with van der Waals surface area (Å²) < 4.78 is 33.7. The average Bonchev–Trinajstić information content (AvgIpc) is 3.71. The number of nitrogens with zero attached hydrogens (tertiary/aromatic N) is 4. The molecule has 44 heavy (non-hydrogen) atoms. The Bertz CT molecular complexity index is 1630. The minimum atomic E-state index is -0.933. The molecule has 0 atom stereocenters. The van der Waals surface area contributed by atoms with Gasteiger partial charge in [0.05, 0.1) is 28.8 Å². The average molecular weight is 603 g/mol. The number of methoxy groups -OCH3 is 1. The van der Waals surface area contributed by atoms with Crippen LogP contribution in [0.25, 0.3) is 11.0 Å². The van der Waals surface area contributed by atoms with E-state index in [2.05, 4.69) is 14.5 Å². The third-order valence-electron chi connectivity index (χ3n) is 8.81. The maximum Gasteiger partial charge on any atom is 0.335 e. The molecule has 1 saturated carbocycles. The van der Waals surface area contributed by atoms with E-state index in [9.17, 15) is 14.3 Å². The van der Waals surface area contributed by atoms with Gasteiger partial charge in [-0.05, 0) is 86.4 Å². The van der Waals surface area contributed by atoms with Crippen LogP contribution in [-0.4, -0.2) is 63.4 Å². The number of benzene rings is 2. The number of rotatable bonds is 13. The lowest BCUT2D eigenvalue weighted by molar-refractivity contribution is 0.0697. The molecule has 2 aromatic heterocycles. The molecule has 0 radical (unpaired) electrons. The van der Waals surface area contributed by atoms with Gasteiger partial charge in [0.2, 0.25) is 0 Å². The van der Waals surface area contributed by atoms with E-state index in [-0.39, 0.29) is 35.3 Å². The van der Waals surface area contributed by atoms with Crippen molar-refractivity contribution < 1.29 is 28.5 Å². The van der Waals surface area contributed by atoms with Crippen molar-refractivity contribution in [3.05, 3.63) is 83.2 Å². The van der Waals surface area contributed by atoms with E-state index < -0.39 is 5.97 Å². The normalized spacial score (nSPS) is 16.7. The number of carboxylic acid groups (broad SMARTS) is 1. The highest BCUT2D eigenvalue weighted by molar-refractivity contribution is 5.92. The fourth-order valence-electron chi connectivity index (χ4n) is 5.98. The molecule has 2 fully saturated rings. The summed E-state index contributed by atoms with van der Waals surface area (Å²) in [5.41, 5.74) is 3.67. The fraction of sp³-hybridized carbons (Fsp3) is 0.441. The van der Waals surface area contributed by atoms with Gasteiger partial charge in [-0.1, -0.05) is 6.07 Å². The first-order valence-electron chi connectivity index (χ1n) is 15.3. The summed E-state index contributed by atoms with van der Waals surface area (Å²) in [4.78, 5) is 23.4. The summed E-state index contributed by atoms with van der Waals surface area (Å²) in [6.07, 6.45) is 6.75. The number of hydrogen-bond acceptors (Lipinski definition) is 7. The van der Waals surface area contributed by atoms with Crippen LogP contribution in [0.15, 0.2) is 54.7 Å². The van der Waals surface area contributed by atoms with Gasteiger partial charge in [0.15, 0.2) is 11.6 Å². The molecule has 232 valence electrons. The van der Waals surface area contributed by atoms with Gasteiger partial charge in [0, 0.05) is 45.6 Å². The Hall–Kier alpha value is -4.02. The topological polar surface area (TPSA) is 98.9 Å². The molecule has 2 aliphatic rings. The molecule has 4 aromatic rings. The molecule has 0 amide bonds. The molecular weight excluding hydrogens is 563 g/mol. The number of aryl methyl sites for hydroxylation is 1. The Morgan fingerprint density at radius 1 is 1.11 bits per heavy atom. The van der Waals surface area contributed by atoms with Crippen LogP contribution in [-0.2, 0) is 24.4 Å². The largest absolute Gasteiger partial charge is 0.490 e. The number of imidazole rings is 1. The smallest absolute Gasteiger partial charge is 0.335 e. The third kappa shape index (κ3) is 7.03. The lowest BCUT2D eigenvalue weighted by Crippen LogP contribution is -2.38. The second-order valence-electron chi connectivity index (χ2n) is 12.2. The number of halogens is 1. The summed E-state index contributed by atoms with van der Waals surface area (Å²) >= 11 is 0. The van der Waals surface area contributed by atoms with Crippen molar-refractivity contribution in [2.75, 3.05) is 26.8 Å². The Balaban J connectivity index is 1.08. The van der Waals surface area contributed by atoms with Crippen LogP contribution in [0.2, 0.25) is 0 Å². The zero-order chi connectivity index (χ0) is 30.7. The molecule has 3 heterocycles. The maximum absolute atomic E-state index is 14.1. The van der Waals surface area contributed by atoms with E-state index in [4.69, 9.17) is 19.2 Å². The molecule has 1 aliphatic heterocycles. The minimum Gasteiger partial charge on any atom is -0.490 e. The monoisotopic (exact) mass is 602 g/mol. The van der Waals surface area contributed by atoms with Crippen LogP contribution in [0.3, 0.4) is 0 Å². The number of carboxylic acids is 1. The van der Waals surface area contributed by atoms with Crippen LogP contribution < -0.4 is 9.47 Å². The van der Waals surface area contributed by atoms with Gasteiger partial charge >= 0.3 is 5.97 Å². The number of pyridine rings is 1. The van der Waals surface area contributed by atoms with Crippen LogP contribution in [0, 0.1) is 18.2 Å². The van der Waals surface area contributed by atoms with Crippen LogP contribution in [0.5, 0.6) is 11.5 Å². The number of aromatic carboxylic acids is 1. The quantitative estimate of drug-likeness (QED) is 0.199. The van der Waals surface area contributed by atoms with Crippen molar-refractivity contribution in [1.82, 2.24) is 19.4 Å². The predicted octanol–water partition coefficient (Wildman–Crippen LogP) is 6.02. The first kappa shape index (κ1) is 30.0. The Kier molecular flexibility index (Phi) is 8.81. The van der Waals surface area contributed by atoms with Gasteiger partial charge in [-0.3, -0.25) is 9.88 Å². The van der Waals surface area contributed by atoms with E-state index in [1.54, 1.807) is 31.5 Å². The SMILES string of the molecule is COCCC1(Cn2c(CN3CCC(Oc4ccnc(COc5ccc(C)cc5F)c4)CC3)nc3ccc(C(=O)O)cc32)CC1. The fourth-order valence-corrected chi connectivity index (χ4v) is 5.98. The van der Waals surface area contributed by atoms with Gasteiger partial charge < -0.3 is 23.9 Å². The van der Waals surface area contributed by atoms with Gasteiger partial charge in [-0.15, -0.1) is 0 Å². The Morgan fingerprint density at radius 2 is 1.93 bits per heavy atom. The van der Waals surface area contributed by atoms with Crippen molar-refractivity contribution in [3.63, 3.8) is 0 Å². The van der Waals surface area contributed by atoms with Gasteiger partial charge in [0.1, 0.15) is 24.3 Å². The number of ether oxygens (including phenoxy) is 3. The van der Waals surface area contributed by atoms with Crippen LogP contribution in [0.1, 0.15) is 59.5 Å². The molecule has 0 spiro atoms. The van der Waals surface area contributed by atoms with Gasteiger partial charge in [0.25, 0.3) is 0 Å². The molecule has 2 aromatic carbocycles. The molecule has 6 rings (SSSR count). The molecule has 0 unspecified atom stereocenters. The Morgan fingerprint density at radius 3 is 2.66 bits per heavy atom. The second-order valence-corrected chi connectivity index (χ2v) is 12.2. The highest BCUT2D eigenvalue weighted by atomic mass is 19.1. The summed E-state index contributed by atoms with van der Waals surface area (Å²) in [6, 6.07) is 13.8. The number of hydrogen-bond donors (Lipinski definition) is 1. The minimum absolute atomic E-state index is 0.0673. The number of aromatic nitrogens is 3. The van der Waals surface area contributed by atoms with E-state index in [1.807, 2.05) is 31.2 Å². The predicted molar refractivity (Wildman–Crippen MR) is 163 cm³/mol. The molecule has 1 aliphatic carbocycles. The van der Waals surface area contributed by atoms with Crippen molar-refractivity contribution in [2.45, 2.75) is 64.8 Å². The first-order chi connectivity index (χ1) is 21.3. The zero-order valence-corrected chi connectivity index (χ0v) is 25.3. The first-order valence-corrected chi connectivity index (χ1v) is 15.3.